The van der Waals surface area contributed by atoms with Gasteiger partial charge in [-0.25, -0.2) is 0 Å². The van der Waals surface area contributed by atoms with E-state index < -0.39 is 21.2 Å². The topological polar surface area (TPSA) is 117 Å². The average Bonchev–Trinajstić information content (AvgIpc) is 3.24. The van der Waals surface area contributed by atoms with Gasteiger partial charge < -0.3 is 0 Å². The van der Waals surface area contributed by atoms with Crippen LogP contribution in [0.3, 0.4) is 0 Å². The number of halogens is 2. The number of rotatable bonds is 17. The zero-order valence-corrected chi connectivity index (χ0v) is 23.3. The van der Waals surface area contributed by atoms with Crippen molar-refractivity contribution in [2.24, 2.45) is 0 Å². The van der Waals surface area contributed by atoms with Crippen molar-refractivity contribution >= 4 is 54.3 Å². The van der Waals surface area contributed by atoms with E-state index in [0.717, 1.165) is 38.5 Å². The van der Waals surface area contributed by atoms with E-state index in [1.54, 1.807) is 4.80 Å². The molecule has 0 radical (unpaired) electrons. The monoisotopic (exact) mass is 603 g/mol. The second kappa shape index (κ2) is 14.7. The Labute approximate surface area is 217 Å². The Morgan fingerprint density at radius 2 is 1.06 bits per heavy atom. The molecule has 34 heavy (non-hydrogen) atoms. The van der Waals surface area contributed by atoms with Crippen LogP contribution in [0.4, 0.5) is 11.4 Å². The van der Waals surface area contributed by atoms with E-state index in [0.29, 0.717) is 0 Å². The SMILES string of the molecule is CCCCCCCCC(CCCCCCCC)n1nc2c(Br)c([N+](=O)[O-])c([N+](=O)[O-])c(Br)c2n1. The molecule has 2 rings (SSSR count). The second-order valence-corrected chi connectivity index (χ2v) is 10.4. The molecular formula is C23H35Br2N5O4. The summed E-state index contributed by atoms with van der Waals surface area (Å²) in [6, 6.07) is 0.0571. The first kappa shape index (κ1) is 28.6. The van der Waals surface area contributed by atoms with Crippen LogP contribution in [0, 0.1) is 20.2 Å². The van der Waals surface area contributed by atoms with Gasteiger partial charge >= 0.3 is 11.4 Å². The second-order valence-electron chi connectivity index (χ2n) is 8.82. The van der Waals surface area contributed by atoms with Gasteiger partial charge in [-0.05, 0) is 44.7 Å². The third-order valence-electron chi connectivity index (χ3n) is 6.16. The van der Waals surface area contributed by atoms with Crippen LogP contribution in [0.2, 0.25) is 0 Å². The number of fused-ring (bicyclic) bond motifs is 1. The van der Waals surface area contributed by atoms with Crippen molar-refractivity contribution in [1.29, 1.82) is 0 Å². The third kappa shape index (κ3) is 7.69. The number of aromatic nitrogens is 3. The van der Waals surface area contributed by atoms with Gasteiger partial charge in [0.05, 0.1) is 15.9 Å². The molecule has 0 N–H and O–H groups in total. The Hall–Kier alpha value is -1.62. The van der Waals surface area contributed by atoms with E-state index in [4.69, 9.17) is 0 Å². The minimum absolute atomic E-state index is 0.00784. The maximum absolute atomic E-state index is 11.6. The van der Waals surface area contributed by atoms with Gasteiger partial charge in [-0.15, -0.1) is 0 Å². The largest absolute Gasteiger partial charge is 0.363 e. The fraction of sp³-hybridized carbons (Fsp3) is 0.739. The maximum atomic E-state index is 11.6. The molecule has 0 unspecified atom stereocenters. The first-order valence-corrected chi connectivity index (χ1v) is 14.0. The van der Waals surface area contributed by atoms with Gasteiger partial charge in [0.25, 0.3) is 0 Å². The zero-order chi connectivity index (χ0) is 25.1. The molecule has 0 atom stereocenters. The lowest BCUT2D eigenvalue weighted by molar-refractivity contribution is -0.423. The Morgan fingerprint density at radius 3 is 1.41 bits per heavy atom. The summed E-state index contributed by atoms with van der Waals surface area (Å²) in [6.45, 7) is 4.41. The highest BCUT2D eigenvalue weighted by Crippen LogP contribution is 2.45. The van der Waals surface area contributed by atoms with Crippen LogP contribution in [0.15, 0.2) is 8.95 Å². The first-order chi connectivity index (χ1) is 16.3. The van der Waals surface area contributed by atoms with Gasteiger partial charge in [0, 0.05) is 0 Å². The van der Waals surface area contributed by atoms with Gasteiger partial charge in [-0.3, -0.25) is 20.2 Å². The highest BCUT2D eigenvalue weighted by molar-refractivity contribution is 9.11. The van der Waals surface area contributed by atoms with Crippen molar-refractivity contribution in [3.05, 3.63) is 29.2 Å². The highest BCUT2D eigenvalue weighted by Gasteiger charge is 2.36. The summed E-state index contributed by atoms with van der Waals surface area (Å²) in [5.41, 5.74) is -0.695. The molecule has 9 nitrogen and oxygen atoms in total. The molecule has 0 aliphatic rings. The van der Waals surface area contributed by atoms with Crippen LogP contribution in [-0.2, 0) is 0 Å². The van der Waals surface area contributed by atoms with Crippen LogP contribution < -0.4 is 0 Å². The lowest BCUT2D eigenvalue weighted by Gasteiger charge is -2.16. The van der Waals surface area contributed by atoms with E-state index in [1.807, 2.05) is 0 Å². The molecule has 11 heteroatoms. The Bertz CT molecular complexity index is 894. The van der Waals surface area contributed by atoms with Crippen molar-refractivity contribution in [2.75, 3.05) is 0 Å². The minimum Gasteiger partial charge on any atom is -0.258 e. The van der Waals surface area contributed by atoms with Gasteiger partial charge in [0.1, 0.15) is 20.0 Å². The average molecular weight is 605 g/mol. The van der Waals surface area contributed by atoms with Gasteiger partial charge in [-0.2, -0.15) is 15.0 Å². The van der Waals surface area contributed by atoms with E-state index in [2.05, 4.69) is 55.9 Å². The number of nitro groups is 2. The van der Waals surface area contributed by atoms with E-state index in [9.17, 15) is 20.2 Å². The van der Waals surface area contributed by atoms with Crippen LogP contribution in [0.25, 0.3) is 11.0 Å². The summed E-state index contributed by atoms with van der Waals surface area (Å²) in [5, 5.41) is 32.3. The van der Waals surface area contributed by atoms with Crippen LogP contribution in [0.5, 0.6) is 0 Å². The highest BCUT2D eigenvalue weighted by atomic mass is 79.9. The Balaban J connectivity index is 2.28. The van der Waals surface area contributed by atoms with Crippen LogP contribution >= 0.6 is 31.9 Å². The number of hydrogen-bond acceptors (Lipinski definition) is 6. The number of hydrogen-bond donors (Lipinski definition) is 0. The van der Waals surface area contributed by atoms with E-state index in [-0.39, 0.29) is 26.0 Å². The summed E-state index contributed by atoms with van der Waals surface area (Å²) >= 11 is 6.38. The van der Waals surface area contributed by atoms with Gasteiger partial charge in [0.2, 0.25) is 0 Å². The molecule has 1 aromatic heterocycles. The minimum atomic E-state index is -0.754. The van der Waals surface area contributed by atoms with Crippen molar-refractivity contribution in [1.82, 2.24) is 15.0 Å². The molecular weight excluding hydrogens is 570 g/mol. The summed E-state index contributed by atoms with van der Waals surface area (Å²) in [7, 11) is 0. The maximum Gasteiger partial charge on any atom is 0.363 e. The smallest absolute Gasteiger partial charge is 0.258 e. The summed E-state index contributed by atoms with van der Waals surface area (Å²) < 4.78 is -0.0157. The number of nitro benzene ring substituents is 2. The van der Waals surface area contributed by atoms with Crippen LogP contribution in [-0.4, -0.2) is 24.8 Å². The normalized spacial score (nSPS) is 11.6. The molecule has 0 saturated heterocycles. The van der Waals surface area contributed by atoms with E-state index in [1.165, 1.54) is 51.4 Å². The standard InChI is InChI=1S/C23H35Br2N5O4/c1-3-5-7-9-11-13-15-17(16-14-12-10-8-6-4-2)28-26-20-18(24)22(29(31)32)23(30(33)34)19(25)21(20)27-28/h17H,3-16H2,1-2H3. The zero-order valence-electron chi connectivity index (χ0n) is 20.1. The molecule has 0 bridgehead atoms. The summed E-state index contributed by atoms with van der Waals surface area (Å²) in [5.74, 6) is 0. The predicted octanol–water partition coefficient (Wildman–Crippen LogP) is 8.82. The van der Waals surface area contributed by atoms with Crippen molar-refractivity contribution < 1.29 is 9.85 Å². The third-order valence-corrected chi connectivity index (χ3v) is 7.66. The molecule has 0 fully saturated rings. The number of nitrogens with zero attached hydrogens (tertiary/aromatic N) is 5. The first-order valence-electron chi connectivity index (χ1n) is 12.4. The fourth-order valence-electron chi connectivity index (χ4n) is 4.24. The molecule has 0 amide bonds. The predicted molar refractivity (Wildman–Crippen MR) is 141 cm³/mol. The molecule has 0 saturated carbocycles. The van der Waals surface area contributed by atoms with Gasteiger partial charge in [0.15, 0.2) is 0 Å². The molecule has 0 aliphatic carbocycles. The fourth-order valence-corrected chi connectivity index (χ4v) is 5.44. The van der Waals surface area contributed by atoms with Crippen molar-refractivity contribution in [3.63, 3.8) is 0 Å². The lowest BCUT2D eigenvalue weighted by atomic mass is 10.0. The van der Waals surface area contributed by atoms with Gasteiger partial charge in [-0.1, -0.05) is 90.9 Å². The summed E-state index contributed by atoms with van der Waals surface area (Å²) in [6.07, 6.45) is 16.1. The Kier molecular flexibility index (Phi) is 12.4. The number of unbranched alkanes of at least 4 members (excludes halogenated alkanes) is 10. The molecule has 190 valence electrons. The molecule has 0 spiro atoms. The quantitative estimate of drug-likeness (QED) is 0.101. The molecule has 0 aliphatic heterocycles. The molecule has 1 aromatic carbocycles. The van der Waals surface area contributed by atoms with E-state index >= 15 is 0 Å². The lowest BCUT2D eigenvalue weighted by Crippen LogP contribution is -2.13. The Morgan fingerprint density at radius 1 is 0.706 bits per heavy atom. The number of benzene rings is 1. The molecule has 2 aromatic rings. The van der Waals surface area contributed by atoms with Crippen molar-refractivity contribution in [3.8, 4) is 0 Å². The molecule has 1 heterocycles. The van der Waals surface area contributed by atoms with Crippen molar-refractivity contribution in [2.45, 2.75) is 110 Å². The summed E-state index contributed by atoms with van der Waals surface area (Å²) in [4.78, 5) is 23.3. The van der Waals surface area contributed by atoms with Crippen LogP contribution in [0.1, 0.15) is 110 Å².